The first-order valence-corrected chi connectivity index (χ1v) is 8.25. The lowest BCUT2D eigenvalue weighted by Gasteiger charge is -2.34. The molecule has 1 fully saturated rings. The van der Waals surface area contributed by atoms with Crippen molar-refractivity contribution in [2.45, 2.75) is 57.4 Å². The Labute approximate surface area is 128 Å². The molecule has 118 valence electrons. The predicted molar refractivity (Wildman–Crippen MR) is 87.9 cm³/mol. The molecule has 0 spiro atoms. The van der Waals surface area contributed by atoms with E-state index >= 15 is 0 Å². The second-order valence-electron chi connectivity index (χ2n) is 6.35. The van der Waals surface area contributed by atoms with Crippen molar-refractivity contribution < 1.29 is 9.84 Å². The van der Waals surface area contributed by atoms with Gasteiger partial charge in [-0.1, -0.05) is 44.7 Å². The van der Waals surface area contributed by atoms with Gasteiger partial charge in [0.1, 0.15) is 5.75 Å². The van der Waals surface area contributed by atoms with Gasteiger partial charge in [0.15, 0.2) is 0 Å². The average Bonchev–Trinajstić information content (AvgIpc) is 2.72. The molecule has 2 rings (SSSR count). The maximum atomic E-state index is 10.0. The van der Waals surface area contributed by atoms with Crippen LogP contribution in [0.1, 0.15) is 51.9 Å². The van der Waals surface area contributed by atoms with Crippen molar-refractivity contribution in [3.63, 3.8) is 0 Å². The molecule has 1 aromatic carbocycles. The number of benzene rings is 1. The van der Waals surface area contributed by atoms with Crippen LogP contribution in [-0.4, -0.2) is 24.4 Å². The summed E-state index contributed by atoms with van der Waals surface area (Å²) in [4.78, 5) is 0. The number of rotatable bonds is 6. The zero-order valence-electron chi connectivity index (χ0n) is 13.4. The number of anilines is 1. The van der Waals surface area contributed by atoms with E-state index in [-0.39, 0.29) is 12.1 Å². The van der Waals surface area contributed by atoms with Crippen molar-refractivity contribution in [3.05, 3.63) is 24.3 Å². The second kappa shape index (κ2) is 7.69. The molecule has 0 bridgehead atoms. The summed E-state index contributed by atoms with van der Waals surface area (Å²) >= 11 is 0. The zero-order chi connectivity index (χ0) is 15.1. The van der Waals surface area contributed by atoms with Gasteiger partial charge in [-0.2, -0.15) is 0 Å². The fraction of sp³-hybridized carbons (Fsp3) is 0.667. The van der Waals surface area contributed by atoms with E-state index < -0.39 is 0 Å². The first-order valence-electron chi connectivity index (χ1n) is 8.25. The van der Waals surface area contributed by atoms with Crippen LogP contribution in [-0.2, 0) is 0 Å². The maximum absolute atomic E-state index is 10.0. The Balaban J connectivity index is 2.10. The minimum atomic E-state index is -0.197. The van der Waals surface area contributed by atoms with E-state index in [2.05, 4.69) is 12.2 Å². The molecular weight excluding hydrogens is 262 g/mol. The Morgan fingerprint density at radius 3 is 2.81 bits per heavy atom. The molecule has 0 aliphatic heterocycles. The van der Waals surface area contributed by atoms with Crippen molar-refractivity contribution in [2.75, 3.05) is 19.0 Å². The fourth-order valence-corrected chi connectivity index (χ4v) is 3.53. The van der Waals surface area contributed by atoms with Crippen LogP contribution >= 0.6 is 0 Å². The zero-order valence-corrected chi connectivity index (χ0v) is 13.4. The monoisotopic (exact) mass is 291 g/mol. The third-order valence-electron chi connectivity index (χ3n) is 4.81. The van der Waals surface area contributed by atoms with Gasteiger partial charge in [0, 0.05) is 0 Å². The van der Waals surface area contributed by atoms with Gasteiger partial charge in [-0.05, 0) is 37.3 Å². The minimum absolute atomic E-state index is 0.184. The van der Waals surface area contributed by atoms with Crippen molar-refractivity contribution in [1.29, 1.82) is 0 Å². The summed E-state index contributed by atoms with van der Waals surface area (Å²) in [5.41, 5.74) is 0.792. The van der Waals surface area contributed by atoms with Gasteiger partial charge in [0.05, 0.1) is 24.9 Å². The molecule has 1 aliphatic rings. The highest BCUT2D eigenvalue weighted by atomic mass is 16.5. The Morgan fingerprint density at radius 2 is 2.10 bits per heavy atom. The molecule has 1 aromatic rings. The van der Waals surface area contributed by atoms with Gasteiger partial charge in [-0.25, -0.2) is 0 Å². The fourth-order valence-electron chi connectivity index (χ4n) is 3.53. The lowest BCUT2D eigenvalue weighted by atomic mass is 9.89. The van der Waals surface area contributed by atoms with Gasteiger partial charge in [-0.3, -0.25) is 0 Å². The quantitative estimate of drug-likeness (QED) is 0.771. The number of hydrogen-bond donors (Lipinski definition) is 2. The lowest BCUT2D eigenvalue weighted by molar-refractivity contribution is 0.194. The van der Waals surface area contributed by atoms with Crippen LogP contribution in [0.5, 0.6) is 5.75 Å². The molecule has 3 nitrogen and oxygen atoms in total. The predicted octanol–water partition coefficient (Wildman–Crippen LogP) is 4.22. The van der Waals surface area contributed by atoms with Crippen molar-refractivity contribution in [2.24, 2.45) is 5.92 Å². The highest BCUT2D eigenvalue weighted by molar-refractivity contribution is 5.57. The molecule has 2 N–H and O–H groups in total. The third kappa shape index (κ3) is 4.13. The normalized spacial score (nSPS) is 26.1. The number of nitrogens with one attached hydrogen (secondary N) is 1. The average molecular weight is 291 g/mol. The highest BCUT2D eigenvalue weighted by Gasteiger charge is 2.33. The van der Waals surface area contributed by atoms with Crippen molar-refractivity contribution in [1.82, 2.24) is 0 Å². The first kappa shape index (κ1) is 16.2. The summed E-state index contributed by atoms with van der Waals surface area (Å²) in [6.07, 6.45) is 8.33. The third-order valence-corrected chi connectivity index (χ3v) is 4.81. The topological polar surface area (TPSA) is 41.5 Å². The SMILES string of the molecule is CCCC1CCCC(CO)(Nc2ccccc2OC)CC1. The highest BCUT2D eigenvalue weighted by Crippen LogP contribution is 2.36. The Hall–Kier alpha value is -1.22. The van der Waals surface area contributed by atoms with Crippen LogP contribution in [0.25, 0.3) is 0 Å². The van der Waals surface area contributed by atoms with Crippen LogP contribution in [0, 0.1) is 5.92 Å². The van der Waals surface area contributed by atoms with Crippen molar-refractivity contribution >= 4 is 5.69 Å². The van der Waals surface area contributed by atoms with E-state index in [1.807, 2.05) is 24.3 Å². The summed E-state index contributed by atoms with van der Waals surface area (Å²) in [7, 11) is 1.69. The Morgan fingerprint density at radius 1 is 1.29 bits per heavy atom. The molecule has 0 saturated heterocycles. The minimum Gasteiger partial charge on any atom is -0.495 e. The van der Waals surface area contributed by atoms with E-state index in [1.165, 1.54) is 32.1 Å². The van der Waals surface area contributed by atoms with Crippen molar-refractivity contribution in [3.8, 4) is 5.75 Å². The summed E-state index contributed by atoms with van der Waals surface area (Å²) < 4.78 is 5.42. The molecule has 0 radical (unpaired) electrons. The molecule has 2 unspecified atom stereocenters. The second-order valence-corrected chi connectivity index (χ2v) is 6.35. The smallest absolute Gasteiger partial charge is 0.141 e. The van der Waals surface area contributed by atoms with Crippen LogP contribution in [0.3, 0.4) is 0 Å². The maximum Gasteiger partial charge on any atom is 0.141 e. The van der Waals surface area contributed by atoms with Crippen LogP contribution in [0.2, 0.25) is 0 Å². The van der Waals surface area contributed by atoms with Gasteiger partial charge in [0.25, 0.3) is 0 Å². The van der Waals surface area contributed by atoms with Gasteiger partial charge < -0.3 is 15.2 Å². The van der Waals surface area contributed by atoms with E-state index in [0.717, 1.165) is 30.2 Å². The molecular formula is C18H29NO2. The Bertz CT molecular complexity index is 435. The largest absolute Gasteiger partial charge is 0.495 e. The van der Waals surface area contributed by atoms with Crippen LogP contribution in [0.15, 0.2) is 24.3 Å². The molecule has 0 amide bonds. The summed E-state index contributed by atoms with van der Waals surface area (Å²) in [5, 5.41) is 13.6. The molecule has 1 aliphatic carbocycles. The number of aliphatic hydroxyl groups is 1. The van der Waals surface area contributed by atoms with Gasteiger partial charge in [0.2, 0.25) is 0 Å². The molecule has 0 heterocycles. The van der Waals surface area contributed by atoms with E-state index in [4.69, 9.17) is 4.74 Å². The molecule has 1 saturated carbocycles. The number of ether oxygens (including phenoxy) is 1. The summed E-state index contributed by atoms with van der Waals surface area (Å²) in [5.74, 6) is 1.67. The van der Waals surface area contributed by atoms with E-state index in [0.29, 0.717) is 0 Å². The first-order chi connectivity index (χ1) is 10.2. The number of methoxy groups -OCH3 is 1. The van der Waals surface area contributed by atoms with Gasteiger partial charge >= 0.3 is 0 Å². The molecule has 0 aromatic heterocycles. The lowest BCUT2D eigenvalue weighted by Crippen LogP contribution is -2.41. The molecule has 2 atom stereocenters. The van der Waals surface area contributed by atoms with Crippen LogP contribution in [0.4, 0.5) is 5.69 Å². The number of hydrogen-bond acceptors (Lipinski definition) is 3. The molecule has 21 heavy (non-hydrogen) atoms. The summed E-state index contributed by atoms with van der Waals surface area (Å²) in [6, 6.07) is 7.97. The van der Waals surface area contributed by atoms with Gasteiger partial charge in [-0.15, -0.1) is 0 Å². The standard InChI is InChI=1S/C18H29NO2/c1-3-7-15-8-6-12-18(14-20,13-11-15)19-16-9-4-5-10-17(16)21-2/h4-5,9-10,15,19-20H,3,6-8,11-14H2,1-2H3. The van der Waals surface area contributed by atoms with E-state index in [1.54, 1.807) is 7.11 Å². The number of aliphatic hydroxyl groups excluding tert-OH is 1. The summed E-state index contributed by atoms with van der Waals surface area (Å²) in [6.45, 7) is 2.45. The van der Waals surface area contributed by atoms with Crippen LogP contribution < -0.4 is 10.1 Å². The number of para-hydroxylation sites is 2. The Kier molecular flexibility index (Phi) is 5.92. The van der Waals surface area contributed by atoms with E-state index in [9.17, 15) is 5.11 Å². The molecule has 3 heteroatoms.